The van der Waals surface area contributed by atoms with Crippen LogP contribution in [0.3, 0.4) is 0 Å². The molecular formula is C25H21F3N4O. The monoisotopic (exact) mass is 450 g/mol. The van der Waals surface area contributed by atoms with Gasteiger partial charge in [-0.05, 0) is 54.0 Å². The number of piperidine rings is 1. The zero-order chi connectivity index (χ0) is 22.8. The molecule has 3 fully saturated rings. The van der Waals surface area contributed by atoms with Gasteiger partial charge in [-0.2, -0.15) is 13.2 Å². The van der Waals surface area contributed by atoms with Crippen molar-refractivity contribution in [3.8, 4) is 11.1 Å². The van der Waals surface area contributed by atoms with Gasteiger partial charge in [-0.25, -0.2) is 4.98 Å². The number of alkyl halides is 3. The maximum Gasteiger partial charge on any atom is 0.417 e. The summed E-state index contributed by atoms with van der Waals surface area (Å²) in [7, 11) is 0. The second kappa shape index (κ2) is 7.04. The van der Waals surface area contributed by atoms with Gasteiger partial charge in [0.05, 0.1) is 11.6 Å². The highest BCUT2D eigenvalue weighted by Gasteiger charge is 2.75. The average molecular weight is 450 g/mol. The molecule has 3 aliphatic rings. The number of hydrogen-bond donors (Lipinski definition) is 1. The maximum atomic E-state index is 13.7. The van der Waals surface area contributed by atoms with Gasteiger partial charge in [0.1, 0.15) is 5.82 Å². The SMILES string of the molecule is O=C(c1ccccc1-c1cccnc1)N1CC2CC23CC(Nc2ccc(C(F)(F)F)cn2)C13. The molecule has 1 aliphatic heterocycles. The lowest BCUT2D eigenvalue weighted by molar-refractivity contribution is -0.137. The highest BCUT2D eigenvalue weighted by molar-refractivity contribution is 6.01. The Hall–Kier alpha value is -3.42. The van der Waals surface area contributed by atoms with Crippen LogP contribution in [0.2, 0.25) is 0 Å². The predicted molar refractivity (Wildman–Crippen MR) is 116 cm³/mol. The largest absolute Gasteiger partial charge is 0.417 e. The molecule has 3 heterocycles. The first-order chi connectivity index (χ1) is 15.9. The molecule has 0 radical (unpaired) electrons. The van der Waals surface area contributed by atoms with E-state index in [9.17, 15) is 18.0 Å². The van der Waals surface area contributed by atoms with Crippen molar-refractivity contribution in [2.45, 2.75) is 31.1 Å². The third-order valence-corrected chi connectivity index (χ3v) is 7.42. The number of amides is 1. The molecule has 1 aromatic carbocycles. The van der Waals surface area contributed by atoms with Crippen LogP contribution in [0.5, 0.6) is 0 Å². The van der Waals surface area contributed by atoms with Crippen LogP contribution in [0, 0.1) is 11.3 Å². The van der Waals surface area contributed by atoms with E-state index in [2.05, 4.69) is 15.3 Å². The predicted octanol–water partition coefficient (Wildman–Crippen LogP) is 4.88. The van der Waals surface area contributed by atoms with E-state index >= 15 is 0 Å². The summed E-state index contributed by atoms with van der Waals surface area (Å²) < 4.78 is 38.5. The first-order valence-electron chi connectivity index (χ1n) is 11.0. The number of hydrogen-bond acceptors (Lipinski definition) is 4. The Balaban J connectivity index is 1.25. The number of nitrogens with one attached hydrogen (secondary N) is 1. The Morgan fingerprint density at radius 1 is 1.06 bits per heavy atom. The number of benzene rings is 1. The van der Waals surface area contributed by atoms with Crippen molar-refractivity contribution in [3.05, 3.63) is 78.2 Å². The Morgan fingerprint density at radius 3 is 2.64 bits per heavy atom. The number of halogens is 3. The van der Waals surface area contributed by atoms with Crippen LogP contribution in [0.25, 0.3) is 11.1 Å². The molecule has 0 bridgehead atoms. The average Bonchev–Trinajstić information content (AvgIpc) is 3.47. The van der Waals surface area contributed by atoms with E-state index in [1.165, 1.54) is 6.07 Å². The molecule has 1 amide bonds. The normalized spacial score (nSPS) is 27.4. The Kier molecular flexibility index (Phi) is 4.31. The van der Waals surface area contributed by atoms with Crippen LogP contribution in [-0.4, -0.2) is 39.4 Å². The van der Waals surface area contributed by atoms with E-state index in [0.29, 0.717) is 23.8 Å². The summed E-state index contributed by atoms with van der Waals surface area (Å²) in [5, 5.41) is 3.28. The lowest BCUT2D eigenvalue weighted by Crippen LogP contribution is -2.60. The summed E-state index contributed by atoms with van der Waals surface area (Å²) >= 11 is 0. The molecule has 1 spiro atoms. The van der Waals surface area contributed by atoms with Gasteiger partial charge in [-0.1, -0.05) is 24.3 Å². The molecule has 1 N–H and O–H groups in total. The Bertz CT molecular complexity index is 1210. The van der Waals surface area contributed by atoms with Crippen molar-refractivity contribution >= 4 is 11.7 Å². The quantitative estimate of drug-likeness (QED) is 0.616. The first kappa shape index (κ1) is 20.2. The van der Waals surface area contributed by atoms with Crippen molar-refractivity contribution in [2.75, 3.05) is 11.9 Å². The van der Waals surface area contributed by atoms with Gasteiger partial charge in [0, 0.05) is 42.3 Å². The molecule has 4 unspecified atom stereocenters. The molecule has 2 aromatic heterocycles. The number of likely N-dealkylation sites (tertiary alicyclic amines) is 1. The second-order valence-corrected chi connectivity index (χ2v) is 9.21. The molecule has 168 valence electrons. The second-order valence-electron chi connectivity index (χ2n) is 9.21. The topological polar surface area (TPSA) is 58.1 Å². The number of carbonyl (C=O) groups excluding carboxylic acids is 1. The number of carbonyl (C=O) groups is 1. The molecule has 8 heteroatoms. The van der Waals surface area contributed by atoms with E-state index in [1.54, 1.807) is 12.4 Å². The third-order valence-electron chi connectivity index (χ3n) is 7.42. The minimum Gasteiger partial charge on any atom is -0.365 e. The van der Waals surface area contributed by atoms with Gasteiger partial charge in [0.25, 0.3) is 5.91 Å². The van der Waals surface area contributed by atoms with Gasteiger partial charge in [-0.3, -0.25) is 9.78 Å². The lowest BCUT2D eigenvalue weighted by Gasteiger charge is -2.48. The van der Waals surface area contributed by atoms with Crippen molar-refractivity contribution in [1.29, 1.82) is 0 Å². The number of anilines is 1. The van der Waals surface area contributed by atoms with E-state index < -0.39 is 11.7 Å². The third kappa shape index (κ3) is 3.19. The van der Waals surface area contributed by atoms with Crippen LogP contribution < -0.4 is 5.32 Å². The van der Waals surface area contributed by atoms with Gasteiger partial charge in [0.2, 0.25) is 0 Å². The zero-order valence-corrected chi connectivity index (χ0v) is 17.6. The molecule has 2 aliphatic carbocycles. The number of pyridine rings is 2. The van der Waals surface area contributed by atoms with Gasteiger partial charge < -0.3 is 10.2 Å². The number of nitrogens with zero attached hydrogens (tertiary/aromatic N) is 3. The molecule has 33 heavy (non-hydrogen) atoms. The van der Waals surface area contributed by atoms with Crippen LogP contribution >= 0.6 is 0 Å². The van der Waals surface area contributed by atoms with E-state index in [1.807, 2.05) is 41.3 Å². The summed E-state index contributed by atoms with van der Waals surface area (Å²) in [5.74, 6) is 0.878. The number of rotatable bonds is 4. The highest BCUT2D eigenvalue weighted by Crippen LogP contribution is 2.71. The van der Waals surface area contributed by atoms with Gasteiger partial charge >= 0.3 is 6.18 Å². The fourth-order valence-corrected chi connectivity index (χ4v) is 5.79. The van der Waals surface area contributed by atoms with Gasteiger partial charge in [-0.15, -0.1) is 0 Å². The van der Waals surface area contributed by atoms with Crippen molar-refractivity contribution in [2.24, 2.45) is 11.3 Å². The van der Waals surface area contributed by atoms with Crippen LogP contribution in [0.15, 0.2) is 67.1 Å². The van der Waals surface area contributed by atoms with Crippen molar-refractivity contribution in [3.63, 3.8) is 0 Å². The molecule has 6 rings (SSSR count). The van der Waals surface area contributed by atoms with E-state index in [0.717, 1.165) is 36.2 Å². The van der Waals surface area contributed by atoms with Crippen LogP contribution in [-0.2, 0) is 6.18 Å². The minimum atomic E-state index is -4.41. The Morgan fingerprint density at radius 2 is 1.91 bits per heavy atom. The molecule has 2 saturated carbocycles. The summed E-state index contributed by atoms with van der Waals surface area (Å²) in [6.45, 7) is 0.712. The van der Waals surface area contributed by atoms with E-state index in [-0.39, 0.29) is 23.4 Å². The smallest absolute Gasteiger partial charge is 0.365 e. The maximum absolute atomic E-state index is 13.7. The summed E-state index contributed by atoms with van der Waals surface area (Å²) in [6.07, 6.45) is 1.88. The summed E-state index contributed by atoms with van der Waals surface area (Å²) in [5.41, 5.74) is 1.74. The highest BCUT2D eigenvalue weighted by atomic mass is 19.4. The first-order valence-corrected chi connectivity index (χ1v) is 11.0. The van der Waals surface area contributed by atoms with E-state index in [4.69, 9.17) is 0 Å². The van der Waals surface area contributed by atoms with Crippen LogP contribution in [0.4, 0.5) is 19.0 Å². The van der Waals surface area contributed by atoms with Crippen LogP contribution in [0.1, 0.15) is 28.8 Å². The minimum absolute atomic E-state index is 0.0149. The number of aromatic nitrogens is 2. The Labute approximate surface area is 188 Å². The standard InChI is InChI=1S/C25H21F3N4O/c26-25(27,28)16-7-8-21(30-13-16)31-20-11-24-10-17(24)14-32(22(20)24)23(33)19-6-2-1-5-18(19)15-4-3-9-29-12-15/h1-9,12-13,17,20,22H,10-11,14H2,(H,30,31). The summed E-state index contributed by atoms with van der Waals surface area (Å²) in [6, 6.07) is 13.7. The fraction of sp³-hybridized carbons (Fsp3) is 0.320. The van der Waals surface area contributed by atoms with Crippen molar-refractivity contribution in [1.82, 2.24) is 14.9 Å². The summed E-state index contributed by atoms with van der Waals surface area (Å²) in [4.78, 5) is 23.8. The molecule has 5 nitrogen and oxygen atoms in total. The molecular weight excluding hydrogens is 429 g/mol. The zero-order valence-electron chi connectivity index (χ0n) is 17.6. The molecule has 3 aromatic rings. The molecule has 1 saturated heterocycles. The van der Waals surface area contributed by atoms with Crippen molar-refractivity contribution < 1.29 is 18.0 Å². The lowest BCUT2D eigenvalue weighted by atomic mass is 9.71. The van der Waals surface area contributed by atoms with Gasteiger partial charge in [0.15, 0.2) is 0 Å². The molecule has 4 atom stereocenters. The fourth-order valence-electron chi connectivity index (χ4n) is 5.79.